The van der Waals surface area contributed by atoms with Gasteiger partial charge in [0.25, 0.3) is 0 Å². The third-order valence-corrected chi connectivity index (χ3v) is 11.7. The number of unbranched alkanes of at least 4 members (excludes halogenated alkanes) is 12. The number of fused-ring (bicyclic) bond motifs is 1. The van der Waals surface area contributed by atoms with Crippen LogP contribution >= 0.6 is 11.8 Å². The van der Waals surface area contributed by atoms with Crippen LogP contribution in [0.25, 0.3) is 0 Å². The van der Waals surface area contributed by atoms with E-state index < -0.39 is 6.35 Å². The lowest BCUT2D eigenvalue weighted by molar-refractivity contribution is -0.272. The lowest BCUT2D eigenvalue weighted by Crippen LogP contribution is -2.38. The standard InChI is InChI=1S/C40H73N3O7S/c1-49-50-31-19-3-2-8-20-33(44)21-9-4-10-22-34(45)23-11-5-12-24-35(46)25-13-6-14-26-36(47)27-15-7-17-29-41-30-18-16-28-38-39-37(32-51-38)42-40(48)43-39/h37-43,48H,2-32H2,1H3. The zero-order chi connectivity index (χ0) is 36.8. The monoisotopic (exact) mass is 740 g/mol. The summed E-state index contributed by atoms with van der Waals surface area (Å²) in [5, 5.41) is 20.3. The van der Waals surface area contributed by atoms with Crippen LogP contribution in [0.1, 0.15) is 173 Å². The highest BCUT2D eigenvalue weighted by Gasteiger charge is 2.42. The number of hydrogen-bond acceptors (Lipinski definition) is 11. The zero-order valence-corrected chi connectivity index (χ0v) is 32.9. The van der Waals surface area contributed by atoms with Crippen LogP contribution in [0.5, 0.6) is 0 Å². The molecule has 2 rings (SSSR count). The van der Waals surface area contributed by atoms with Gasteiger partial charge in [-0.05, 0) is 90.1 Å². The second kappa shape index (κ2) is 31.2. The summed E-state index contributed by atoms with van der Waals surface area (Å²) in [6.45, 7) is 2.66. The summed E-state index contributed by atoms with van der Waals surface area (Å²) in [7, 11) is 1.51. The van der Waals surface area contributed by atoms with Gasteiger partial charge in [-0.15, -0.1) is 0 Å². The first kappa shape index (κ1) is 45.9. The molecule has 0 bridgehead atoms. The minimum Gasteiger partial charge on any atom is -0.365 e. The van der Waals surface area contributed by atoms with Crippen LogP contribution in [0.3, 0.4) is 0 Å². The van der Waals surface area contributed by atoms with Gasteiger partial charge in [-0.3, -0.25) is 29.8 Å². The number of hydrogen-bond donors (Lipinski definition) is 4. The van der Waals surface area contributed by atoms with Gasteiger partial charge in [-0.25, -0.2) is 9.78 Å². The van der Waals surface area contributed by atoms with Crippen LogP contribution in [-0.4, -0.2) is 84.5 Å². The molecular formula is C40H73N3O7S. The maximum Gasteiger partial charge on any atom is 0.161 e. The van der Waals surface area contributed by atoms with E-state index in [4.69, 9.17) is 4.89 Å². The molecule has 2 heterocycles. The van der Waals surface area contributed by atoms with Gasteiger partial charge in [0.2, 0.25) is 0 Å². The molecule has 10 nitrogen and oxygen atoms in total. The Labute approximate surface area is 313 Å². The van der Waals surface area contributed by atoms with E-state index in [1.165, 1.54) is 26.4 Å². The van der Waals surface area contributed by atoms with E-state index in [0.717, 1.165) is 122 Å². The lowest BCUT2D eigenvalue weighted by atomic mass is 10.0. The summed E-state index contributed by atoms with van der Waals surface area (Å²) >= 11 is 2.02. The molecule has 2 aliphatic heterocycles. The van der Waals surface area contributed by atoms with Gasteiger partial charge in [-0.2, -0.15) is 11.8 Å². The molecule has 0 spiro atoms. The predicted molar refractivity (Wildman–Crippen MR) is 207 cm³/mol. The van der Waals surface area contributed by atoms with Crippen molar-refractivity contribution in [3.8, 4) is 0 Å². The molecule has 4 unspecified atom stereocenters. The molecule has 4 atom stereocenters. The molecule has 4 N–H and O–H groups in total. The van der Waals surface area contributed by atoms with E-state index in [1.807, 2.05) is 11.8 Å². The molecule has 0 aromatic rings. The number of carbonyl (C=O) groups is 4. The Kier molecular flexibility index (Phi) is 28.1. The molecule has 0 saturated carbocycles. The number of ketones is 4. The largest absolute Gasteiger partial charge is 0.365 e. The van der Waals surface area contributed by atoms with Crippen LogP contribution in [0.15, 0.2) is 0 Å². The predicted octanol–water partition coefficient (Wildman–Crippen LogP) is 7.28. The highest BCUT2D eigenvalue weighted by Crippen LogP contribution is 2.33. The fourth-order valence-corrected chi connectivity index (χ4v) is 8.68. The fourth-order valence-electron chi connectivity index (χ4n) is 7.12. The second-order valence-electron chi connectivity index (χ2n) is 14.8. The van der Waals surface area contributed by atoms with Gasteiger partial charge in [-0.1, -0.05) is 44.9 Å². The van der Waals surface area contributed by atoms with Gasteiger partial charge in [0.05, 0.1) is 13.7 Å². The van der Waals surface area contributed by atoms with E-state index in [1.54, 1.807) is 0 Å². The van der Waals surface area contributed by atoms with Crippen molar-refractivity contribution < 1.29 is 34.1 Å². The second-order valence-corrected chi connectivity index (χ2v) is 16.1. The lowest BCUT2D eigenvalue weighted by Gasteiger charge is -2.17. The van der Waals surface area contributed by atoms with Crippen molar-refractivity contribution in [2.75, 3.05) is 32.6 Å². The minimum atomic E-state index is -0.543. The first-order valence-corrected chi connectivity index (χ1v) is 21.7. The summed E-state index contributed by atoms with van der Waals surface area (Å²) in [5.74, 6) is 2.37. The van der Waals surface area contributed by atoms with Crippen molar-refractivity contribution in [2.45, 2.75) is 197 Å². The Bertz CT molecular complexity index is 940. The number of aliphatic hydroxyl groups excluding tert-OH is 1. The summed E-state index contributed by atoms with van der Waals surface area (Å²) in [5.41, 5.74) is 0. The first-order chi connectivity index (χ1) is 24.9. The third kappa shape index (κ3) is 24.7. The van der Waals surface area contributed by atoms with Crippen molar-refractivity contribution in [3.05, 3.63) is 0 Å². The highest BCUT2D eigenvalue weighted by molar-refractivity contribution is 8.00. The van der Waals surface area contributed by atoms with Gasteiger partial charge >= 0.3 is 0 Å². The number of thioether (sulfide) groups is 1. The van der Waals surface area contributed by atoms with Crippen LogP contribution in [0, 0.1) is 0 Å². The Morgan fingerprint density at radius 2 is 1.00 bits per heavy atom. The molecule has 0 aromatic heterocycles. The van der Waals surface area contributed by atoms with Gasteiger partial charge < -0.3 is 10.4 Å². The first-order valence-electron chi connectivity index (χ1n) is 20.6. The van der Waals surface area contributed by atoms with Gasteiger partial charge in [0.1, 0.15) is 23.1 Å². The van der Waals surface area contributed by atoms with Gasteiger partial charge in [0, 0.05) is 74.5 Å². The maximum atomic E-state index is 12.2. The van der Waals surface area contributed by atoms with Crippen molar-refractivity contribution >= 4 is 34.9 Å². The SMILES string of the molecule is COOCCCCCCC(=O)CCCCCC(=O)CCCCCC(=O)CCCCCC(=O)CCCCCNCCCCC1SCC2NC(O)NC21. The molecular weight excluding hydrogens is 667 g/mol. The quantitative estimate of drug-likeness (QED) is 0.0290. The zero-order valence-electron chi connectivity index (χ0n) is 32.0. The van der Waals surface area contributed by atoms with Crippen LogP contribution in [0.4, 0.5) is 0 Å². The summed E-state index contributed by atoms with van der Waals surface area (Å²) in [6.07, 6.45) is 23.1. The summed E-state index contributed by atoms with van der Waals surface area (Å²) in [6, 6.07) is 0.811. The molecule has 51 heavy (non-hydrogen) atoms. The molecule has 0 radical (unpaired) electrons. The fraction of sp³-hybridized carbons (Fsp3) is 0.900. The Morgan fingerprint density at radius 1 is 0.588 bits per heavy atom. The number of Topliss-reactive ketones (excluding diaryl/α,β-unsaturated/α-hetero) is 4. The minimum absolute atomic E-state index is 0.300. The maximum absolute atomic E-state index is 12.2. The van der Waals surface area contributed by atoms with Crippen molar-refractivity contribution in [1.82, 2.24) is 16.0 Å². The number of carbonyl (C=O) groups excluding carboxylic acids is 4. The molecule has 296 valence electrons. The molecule has 0 aromatic carbocycles. The Balaban J connectivity index is 1.25. The summed E-state index contributed by atoms with van der Waals surface area (Å²) in [4.78, 5) is 58.0. The average Bonchev–Trinajstić information content (AvgIpc) is 3.67. The summed E-state index contributed by atoms with van der Waals surface area (Å²) < 4.78 is 0. The topological polar surface area (TPSA) is 143 Å². The van der Waals surface area contributed by atoms with Crippen molar-refractivity contribution in [1.29, 1.82) is 0 Å². The van der Waals surface area contributed by atoms with Crippen LogP contribution in [-0.2, 0) is 29.0 Å². The molecule has 0 amide bonds. The van der Waals surface area contributed by atoms with E-state index >= 15 is 0 Å². The van der Waals surface area contributed by atoms with E-state index in [9.17, 15) is 24.3 Å². The number of aliphatic hydroxyl groups is 1. The molecule has 11 heteroatoms. The van der Waals surface area contributed by atoms with Crippen molar-refractivity contribution in [2.24, 2.45) is 0 Å². The third-order valence-electron chi connectivity index (χ3n) is 10.2. The molecule has 2 aliphatic rings. The van der Waals surface area contributed by atoms with Gasteiger partial charge in [0.15, 0.2) is 6.35 Å². The number of nitrogens with one attached hydrogen (secondary N) is 3. The van der Waals surface area contributed by atoms with Crippen LogP contribution < -0.4 is 16.0 Å². The molecule has 2 fully saturated rings. The normalized spacial score (nSPS) is 19.8. The van der Waals surface area contributed by atoms with Crippen LogP contribution in [0.2, 0.25) is 0 Å². The molecule has 2 saturated heterocycles. The Hall–Kier alpha value is -1.21. The average molecular weight is 740 g/mol. The van der Waals surface area contributed by atoms with E-state index in [2.05, 4.69) is 20.8 Å². The highest BCUT2D eigenvalue weighted by atomic mass is 32.2. The van der Waals surface area contributed by atoms with E-state index in [0.29, 0.717) is 98.4 Å². The molecule has 0 aliphatic carbocycles. The Morgan fingerprint density at radius 3 is 1.47 bits per heavy atom. The smallest absolute Gasteiger partial charge is 0.161 e. The van der Waals surface area contributed by atoms with E-state index in [-0.39, 0.29) is 0 Å². The van der Waals surface area contributed by atoms with Crippen molar-refractivity contribution in [3.63, 3.8) is 0 Å². The number of rotatable bonds is 37.